The van der Waals surface area contributed by atoms with E-state index in [2.05, 4.69) is 0 Å². The predicted octanol–water partition coefficient (Wildman–Crippen LogP) is 0.397. The zero-order valence-corrected chi connectivity index (χ0v) is 18.0. The molecular weight excluding hydrogens is 375 g/mol. The Balaban J connectivity index is 0.00000196. The van der Waals surface area contributed by atoms with E-state index in [1.54, 1.807) is 24.3 Å². The van der Waals surface area contributed by atoms with Gasteiger partial charge in [-0.3, -0.25) is 4.79 Å². The minimum Gasteiger partial charge on any atom is -0.744 e. The van der Waals surface area contributed by atoms with Crippen LogP contribution in [0.15, 0.2) is 71.6 Å². The molecule has 0 aromatic heterocycles. The molecule has 0 amide bonds. The number of benzene rings is 3. The number of carbonyl (C=O) groups excluding carboxylic acids is 1. The van der Waals surface area contributed by atoms with Gasteiger partial charge in [-0.1, -0.05) is 48.5 Å². The number of hydrogen-bond donors (Lipinski definition) is 0. The van der Waals surface area contributed by atoms with Crippen molar-refractivity contribution in [2.75, 3.05) is 0 Å². The minimum absolute atomic E-state index is 0. The first-order valence-corrected chi connectivity index (χ1v) is 9.16. The van der Waals surface area contributed by atoms with Crippen molar-refractivity contribution in [3.63, 3.8) is 0 Å². The molecular formula is C20H13KO4S. The summed E-state index contributed by atoms with van der Waals surface area (Å²) in [7, 11) is -4.47. The predicted molar refractivity (Wildman–Crippen MR) is 92.5 cm³/mol. The third-order valence-corrected chi connectivity index (χ3v) is 5.27. The van der Waals surface area contributed by atoms with Gasteiger partial charge in [0.05, 0.1) is 4.90 Å². The van der Waals surface area contributed by atoms with E-state index < -0.39 is 10.1 Å². The molecule has 26 heavy (non-hydrogen) atoms. The monoisotopic (exact) mass is 388 g/mol. The van der Waals surface area contributed by atoms with Crippen molar-refractivity contribution in [1.82, 2.24) is 0 Å². The molecule has 1 aliphatic rings. The van der Waals surface area contributed by atoms with Crippen LogP contribution in [0, 0.1) is 0 Å². The van der Waals surface area contributed by atoms with Gasteiger partial charge in [0.25, 0.3) is 0 Å². The Labute approximate surface area is 194 Å². The van der Waals surface area contributed by atoms with Gasteiger partial charge in [-0.25, -0.2) is 8.42 Å². The Hall–Kier alpha value is -1.12. The molecule has 0 N–H and O–H groups in total. The van der Waals surface area contributed by atoms with E-state index in [0.717, 1.165) is 22.3 Å². The van der Waals surface area contributed by atoms with Crippen molar-refractivity contribution >= 4 is 15.9 Å². The van der Waals surface area contributed by atoms with Gasteiger partial charge in [0.2, 0.25) is 0 Å². The van der Waals surface area contributed by atoms with Crippen LogP contribution >= 0.6 is 0 Å². The van der Waals surface area contributed by atoms with Gasteiger partial charge in [0.15, 0.2) is 5.78 Å². The number of hydrogen-bond acceptors (Lipinski definition) is 4. The average molecular weight is 388 g/mol. The second-order valence-corrected chi connectivity index (χ2v) is 7.40. The summed E-state index contributed by atoms with van der Waals surface area (Å²) in [5.74, 6) is -0.0535. The van der Waals surface area contributed by atoms with Crippen molar-refractivity contribution in [2.45, 2.75) is 11.3 Å². The maximum atomic E-state index is 12.6. The minimum atomic E-state index is -4.47. The third-order valence-electron chi connectivity index (χ3n) is 4.44. The smallest absolute Gasteiger partial charge is 0.744 e. The van der Waals surface area contributed by atoms with Crippen LogP contribution in [-0.2, 0) is 16.5 Å². The molecule has 1 aliphatic carbocycles. The van der Waals surface area contributed by atoms with E-state index in [4.69, 9.17) is 0 Å². The van der Waals surface area contributed by atoms with Crippen molar-refractivity contribution in [3.05, 3.63) is 89.0 Å². The molecule has 4 rings (SSSR count). The van der Waals surface area contributed by atoms with Gasteiger partial charge in [0, 0.05) is 11.1 Å². The van der Waals surface area contributed by atoms with E-state index in [1.165, 1.54) is 12.1 Å². The molecule has 4 nitrogen and oxygen atoms in total. The summed E-state index contributed by atoms with van der Waals surface area (Å²) in [4.78, 5) is 12.4. The quantitative estimate of drug-likeness (QED) is 0.289. The molecule has 0 bridgehead atoms. The van der Waals surface area contributed by atoms with Gasteiger partial charge in [-0.15, -0.1) is 0 Å². The maximum Gasteiger partial charge on any atom is 1.00 e. The summed E-state index contributed by atoms with van der Waals surface area (Å²) < 4.78 is 33.6. The van der Waals surface area contributed by atoms with Crippen LogP contribution < -0.4 is 51.4 Å². The molecule has 0 atom stereocenters. The number of ketones is 1. The molecule has 0 radical (unpaired) electrons. The Morgan fingerprint density at radius 2 is 1.42 bits per heavy atom. The van der Waals surface area contributed by atoms with E-state index in [1.807, 2.05) is 30.3 Å². The molecule has 0 aliphatic heterocycles. The van der Waals surface area contributed by atoms with Gasteiger partial charge < -0.3 is 4.55 Å². The first-order valence-electron chi connectivity index (χ1n) is 7.75. The normalized spacial score (nSPS) is 12.0. The SMILES string of the molecule is O=C(c1ccccc1)c1ccc2c(c1)Cc1cc(S(=O)(=O)[O-])ccc1-2.[K+]. The standard InChI is InChI=1S/C20H14O4S.K/c21-20(13-4-2-1-3-5-13)14-6-8-18-15(10-14)11-16-12-17(25(22,23)24)7-9-19(16)18;/h1-10,12H,11H2,(H,22,23,24);/q;+1/p-1. The largest absolute Gasteiger partial charge is 1.00 e. The van der Waals surface area contributed by atoms with Crippen LogP contribution in [0.3, 0.4) is 0 Å². The van der Waals surface area contributed by atoms with Crippen molar-refractivity contribution in [2.24, 2.45) is 0 Å². The second-order valence-electron chi connectivity index (χ2n) is 6.02. The number of carbonyl (C=O) groups is 1. The third kappa shape index (κ3) is 3.64. The van der Waals surface area contributed by atoms with Crippen molar-refractivity contribution in [3.8, 4) is 11.1 Å². The van der Waals surface area contributed by atoms with E-state index in [0.29, 0.717) is 17.5 Å². The summed E-state index contributed by atoms with van der Waals surface area (Å²) in [6, 6.07) is 19.0. The second kappa shape index (κ2) is 7.48. The summed E-state index contributed by atoms with van der Waals surface area (Å²) in [6.45, 7) is 0. The van der Waals surface area contributed by atoms with Gasteiger partial charge in [-0.05, 0) is 46.9 Å². The fourth-order valence-electron chi connectivity index (χ4n) is 3.24. The van der Waals surface area contributed by atoms with E-state index >= 15 is 0 Å². The van der Waals surface area contributed by atoms with Crippen molar-refractivity contribution < 1.29 is 69.1 Å². The molecule has 0 saturated carbocycles. The topological polar surface area (TPSA) is 74.3 Å². The maximum absolute atomic E-state index is 12.6. The van der Waals surface area contributed by atoms with Crippen LogP contribution in [-0.4, -0.2) is 18.8 Å². The van der Waals surface area contributed by atoms with Crippen LogP contribution in [0.5, 0.6) is 0 Å². The molecule has 0 fully saturated rings. The summed E-state index contributed by atoms with van der Waals surface area (Å²) in [5, 5.41) is 0. The zero-order valence-electron chi connectivity index (χ0n) is 14.1. The van der Waals surface area contributed by atoms with Gasteiger partial charge in [0.1, 0.15) is 10.1 Å². The van der Waals surface area contributed by atoms with Crippen LogP contribution in [0.2, 0.25) is 0 Å². The molecule has 3 aromatic carbocycles. The van der Waals surface area contributed by atoms with E-state index in [-0.39, 0.29) is 62.1 Å². The number of fused-ring (bicyclic) bond motifs is 3. The number of rotatable bonds is 3. The Bertz CT molecular complexity index is 1110. The fraction of sp³-hybridized carbons (Fsp3) is 0.0500. The first kappa shape index (κ1) is 19.6. The van der Waals surface area contributed by atoms with Crippen LogP contribution in [0.1, 0.15) is 27.0 Å². The molecule has 0 spiro atoms. The molecule has 0 saturated heterocycles. The Morgan fingerprint density at radius 1 is 0.808 bits per heavy atom. The summed E-state index contributed by atoms with van der Waals surface area (Å²) >= 11 is 0. The molecule has 6 heteroatoms. The van der Waals surface area contributed by atoms with Crippen LogP contribution in [0.25, 0.3) is 11.1 Å². The zero-order chi connectivity index (χ0) is 17.6. The molecule has 0 heterocycles. The Morgan fingerprint density at radius 3 is 2.08 bits per heavy atom. The summed E-state index contributed by atoms with van der Waals surface area (Å²) in [6.07, 6.45) is 0.504. The molecule has 3 aromatic rings. The average Bonchev–Trinajstić information content (AvgIpc) is 2.98. The summed E-state index contributed by atoms with van der Waals surface area (Å²) in [5.41, 5.74) is 4.83. The van der Waals surface area contributed by atoms with Crippen molar-refractivity contribution in [1.29, 1.82) is 0 Å². The first-order chi connectivity index (χ1) is 11.9. The molecule has 0 unspecified atom stereocenters. The van der Waals surface area contributed by atoms with Gasteiger partial charge in [-0.2, -0.15) is 0 Å². The van der Waals surface area contributed by atoms with E-state index in [9.17, 15) is 17.8 Å². The fourth-order valence-corrected chi connectivity index (χ4v) is 3.76. The molecule has 124 valence electrons. The Kier molecular flexibility index (Phi) is 5.65. The van der Waals surface area contributed by atoms with Gasteiger partial charge >= 0.3 is 51.4 Å². The van der Waals surface area contributed by atoms with Crippen LogP contribution in [0.4, 0.5) is 0 Å².